The maximum Gasteiger partial charge on any atom is 0.254 e. The third-order valence-corrected chi connectivity index (χ3v) is 5.08. The average Bonchev–Trinajstić information content (AvgIpc) is 2.68. The molecule has 7 heteroatoms. The minimum atomic E-state index is -0.308. The molecule has 2 aromatic rings. The standard InChI is InChI=1S/C23H28FN3O2.ClH/c1-15(2)11-22(28)26-20-8-7-18(12-16(20)3)23(29)27-10-9-25-14-21(27)17-5-4-6-19(24)13-17;/h4-8,12-13,15,21,25H,9-11,14H2,1-3H3,(H,26,28);1H. The monoisotopic (exact) mass is 433 g/mol. The number of nitrogens with one attached hydrogen (secondary N) is 2. The molecular weight excluding hydrogens is 405 g/mol. The van der Waals surface area contributed by atoms with Crippen LogP contribution in [-0.2, 0) is 4.79 Å². The van der Waals surface area contributed by atoms with Gasteiger partial charge in [-0.3, -0.25) is 9.59 Å². The molecule has 5 nitrogen and oxygen atoms in total. The number of anilines is 1. The summed E-state index contributed by atoms with van der Waals surface area (Å²) in [6, 6.07) is 11.5. The highest BCUT2D eigenvalue weighted by molar-refractivity contribution is 5.97. The molecule has 0 radical (unpaired) electrons. The van der Waals surface area contributed by atoms with E-state index in [2.05, 4.69) is 10.6 Å². The van der Waals surface area contributed by atoms with Crippen molar-refractivity contribution in [1.82, 2.24) is 10.2 Å². The van der Waals surface area contributed by atoms with Crippen molar-refractivity contribution in [2.75, 3.05) is 25.0 Å². The van der Waals surface area contributed by atoms with E-state index in [4.69, 9.17) is 0 Å². The van der Waals surface area contributed by atoms with E-state index in [1.807, 2.05) is 26.8 Å². The van der Waals surface area contributed by atoms with Gasteiger partial charge in [-0.05, 0) is 54.3 Å². The number of carbonyl (C=O) groups excluding carboxylic acids is 2. The van der Waals surface area contributed by atoms with E-state index < -0.39 is 0 Å². The molecule has 1 heterocycles. The second kappa shape index (κ2) is 10.5. The van der Waals surface area contributed by atoms with Gasteiger partial charge in [0.2, 0.25) is 5.91 Å². The summed E-state index contributed by atoms with van der Waals surface area (Å²) in [6.45, 7) is 7.69. The predicted octanol–water partition coefficient (Wildman–Crippen LogP) is 4.33. The van der Waals surface area contributed by atoms with Crippen molar-refractivity contribution in [3.8, 4) is 0 Å². The Labute approximate surface area is 183 Å². The Hall–Kier alpha value is -2.44. The van der Waals surface area contributed by atoms with Gasteiger partial charge >= 0.3 is 0 Å². The first-order chi connectivity index (χ1) is 13.8. The van der Waals surface area contributed by atoms with Crippen LogP contribution in [-0.4, -0.2) is 36.3 Å². The maximum absolute atomic E-state index is 13.7. The number of rotatable bonds is 5. The van der Waals surface area contributed by atoms with Gasteiger partial charge in [-0.25, -0.2) is 4.39 Å². The van der Waals surface area contributed by atoms with Crippen LogP contribution >= 0.6 is 12.4 Å². The molecule has 1 aliphatic heterocycles. The quantitative estimate of drug-likeness (QED) is 0.737. The first-order valence-electron chi connectivity index (χ1n) is 10.0. The van der Waals surface area contributed by atoms with Crippen LogP contribution in [0.2, 0.25) is 0 Å². The van der Waals surface area contributed by atoms with Crippen LogP contribution in [0.25, 0.3) is 0 Å². The number of amides is 2. The summed E-state index contributed by atoms with van der Waals surface area (Å²) < 4.78 is 13.7. The molecule has 2 N–H and O–H groups in total. The Balaban J connectivity index is 0.00000320. The Bertz CT molecular complexity index is 904. The molecule has 1 aliphatic rings. The predicted molar refractivity (Wildman–Crippen MR) is 120 cm³/mol. The third kappa shape index (κ3) is 5.80. The second-order valence-electron chi connectivity index (χ2n) is 7.95. The molecule has 162 valence electrons. The molecule has 0 aliphatic carbocycles. The molecule has 1 unspecified atom stereocenters. The molecule has 0 bridgehead atoms. The topological polar surface area (TPSA) is 61.4 Å². The molecule has 2 aromatic carbocycles. The fraction of sp³-hybridized carbons (Fsp3) is 0.391. The summed E-state index contributed by atoms with van der Waals surface area (Å²) >= 11 is 0. The molecule has 0 saturated carbocycles. The van der Waals surface area contributed by atoms with Crippen LogP contribution in [0.1, 0.15) is 47.8 Å². The van der Waals surface area contributed by atoms with E-state index in [0.717, 1.165) is 11.1 Å². The summed E-state index contributed by atoms with van der Waals surface area (Å²) in [4.78, 5) is 27.1. The summed E-state index contributed by atoms with van der Waals surface area (Å²) in [5.74, 6) is -0.152. The van der Waals surface area contributed by atoms with E-state index in [1.165, 1.54) is 12.1 Å². The van der Waals surface area contributed by atoms with E-state index >= 15 is 0 Å². The summed E-state index contributed by atoms with van der Waals surface area (Å²) in [5.41, 5.74) is 2.90. The number of benzene rings is 2. The van der Waals surface area contributed by atoms with Crippen LogP contribution in [0.3, 0.4) is 0 Å². The molecule has 1 atom stereocenters. The summed E-state index contributed by atoms with van der Waals surface area (Å²) in [7, 11) is 0. The Morgan fingerprint density at radius 1 is 1.23 bits per heavy atom. The third-order valence-electron chi connectivity index (χ3n) is 5.08. The fourth-order valence-corrected chi connectivity index (χ4v) is 3.63. The molecule has 30 heavy (non-hydrogen) atoms. The van der Waals surface area contributed by atoms with Gasteiger partial charge in [-0.2, -0.15) is 0 Å². The lowest BCUT2D eigenvalue weighted by atomic mass is 10.0. The molecule has 0 aromatic heterocycles. The van der Waals surface area contributed by atoms with Crippen LogP contribution < -0.4 is 10.6 Å². The van der Waals surface area contributed by atoms with Crippen molar-refractivity contribution in [2.24, 2.45) is 5.92 Å². The zero-order chi connectivity index (χ0) is 21.0. The lowest BCUT2D eigenvalue weighted by molar-refractivity contribution is -0.116. The smallest absolute Gasteiger partial charge is 0.254 e. The van der Waals surface area contributed by atoms with Gasteiger partial charge in [0.1, 0.15) is 5.82 Å². The second-order valence-corrected chi connectivity index (χ2v) is 7.95. The number of nitrogens with zero attached hydrogens (tertiary/aromatic N) is 1. The highest BCUT2D eigenvalue weighted by Gasteiger charge is 2.29. The minimum absolute atomic E-state index is 0. The van der Waals surface area contributed by atoms with Crippen molar-refractivity contribution < 1.29 is 14.0 Å². The lowest BCUT2D eigenvalue weighted by Crippen LogP contribution is -2.48. The number of carbonyl (C=O) groups is 2. The number of hydrogen-bond donors (Lipinski definition) is 2. The number of hydrogen-bond acceptors (Lipinski definition) is 3. The number of halogens is 2. The van der Waals surface area contributed by atoms with Crippen LogP contribution in [0.15, 0.2) is 42.5 Å². The first-order valence-corrected chi connectivity index (χ1v) is 10.0. The highest BCUT2D eigenvalue weighted by atomic mass is 35.5. The van der Waals surface area contributed by atoms with Gasteiger partial charge in [0.05, 0.1) is 6.04 Å². The molecule has 1 saturated heterocycles. The Morgan fingerprint density at radius 2 is 2.00 bits per heavy atom. The van der Waals surface area contributed by atoms with Crippen LogP contribution in [0, 0.1) is 18.7 Å². The zero-order valence-electron chi connectivity index (χ0n) is 17.6. The number of piperazine rings is 1. The Kier molecular flexibility index (Phi) is 8.38. The van der Waals surface area contributed by atoms with E-state index in [-0.39, 0.29) is 42.0 Å². The van der Waals surface area contributed by atoms with E-state index in [0.29, 0.717) is 37.3 Å². The molecule has 2 amide bonds. The molecule has 3 rings (SSSR count). The fourth-order valence-electron chi connectivity index (χ4n) is 3.63. The normalized spacial score (nSPS) is 16.2. The molecule has 0 spiro atoms. The van der Waals surface area contributed by atoms with Crippen LogP contribution in [0.4, 0.5) is 10.1 Å². The Morgan fingerprint density at radius 3 is 2.67 bits per heavy atom. The van der Waals surface area contributed by atoms with E-state index in [1.54, 1.807) is 29.2 Å². The van der Waals surface area contributed by atoms with Gasteiger partial charge in [-0.1, -0.05) is 26.0 Å². The van der Waals surface area contributed by atoms with Gasteiger partial charge in [0.15, 0.2) is 0 Å². The van der Waals surface area contributed by atoms with Gasteiger partial charge in [0.25, 0.3) is 5.91 Å². The van der Waals surface area contributed by atoms with Gasteiger partial charge in [0, 0.05) is 37.3 Å². The van der Waals surface area contributed by atoms with E-state index in [9.17, 15) is 14.0 Å². The van der Waals surface area contributed by atoms with Crippen molar-refractivity contribution >= 4 is 29.9 Å². The summed E-state index contributed by atoms with van der Waals surface area (Å²) in [5, 5.41) is 6.20. The van der Waals surface area contributed by atoms with Crippen LogP contribution in [0.5, 0.6) is 0 Å². The van der Waals surface area contributed by atoms with Crippen molar-refractivity contribution in [2.45, 2.75) is 33.2 Å². The number of aryl methyl sites for hydroxylation is 1. The largest absolute Gasteiger partial charge is 0.329 e. The SMILES string of the molecule is Cc1cc(C(=O)N2CCNCC2c2cccc(F)c2)ccc1NC(=O)CC(C)C.Cl. The van der Waals surface area contributed by atoms with Gasteiger partial charge in [-0.15, -0.1) is 12.4 Å². The zero-order valence-corrected chi connectivity index (χ0v) is 18.4. The maximum atomic E-state index is 13.7. The lowest BCUT2D eigenvalue weighted by Gasteiger charge is -2.36. The van der Waals surface area contributed by atoms with Crippen molar-refractivity contribution in [3.05, 3.63) is 65.0 Å². The molecule has 1 fully saturated rings. The van der Waals surface area contributed by atoms with Crippen molar-refractivity contribution in [3.63, 3.8) is 0 Å². The summed E-state index contributed by atoms with van der Waals surface area (Å²) in [6.07, 6.45) is 0.455. The average molecular weight is 434 g/mol. The van der Waals surface area contributed by atoms with Gasteiger partial charge < -0.3 is 15.5 Å². The molecular formula is C23H29ClFN3O2. The highest BCUT2D eigenvalue weighted by Crippen LogP contribution is 2.26. The van der Waals surface area contributed by atoms with Crippen molar-refractivity contribution in [1.29, 1.82) is 0 Å². The minimum Gasteiger partial charge on any atom is -0.329 e. The first kappa shape index (κ1) is 23.8.